The van der Waals surface area contributed by atoms with Crippen LogP contribution in [0.5, 0.6) is 0 Å². The molecule has 0 spiro atoms. The van der Waals surface area contributed by atoms with Crippen molar-refractivity contribution >= 4 is 40.2 Å². The van der Waals surface area contributed by atoms with Crippen LogP contribution in [-0.4, -0.2) is 40.6 Å². The van der Waals surface area contributed by atoms with Gasteiger partial charge in [-0.1, -0.05) is 36.2 Å². The first-order chi connectivity index (χ1) is 14.3. The largest absolute Gasteiger partial charge is 0.478 e. The average molecular weight is 447 g/mol. The first kappa shape index (κ1) is 20.1. The van der Waals surface area contributed by atoms with E-state index in [4.69, 9.17) is 28.3 Å². The van der Waals surface area contributed by atoms with E-state index >= 15 is 0 Å². The standard InChI is InChI=1S/C19H16Cl2N6O3/c1-3-14(10-4-5-12(20)13(21)6-10)27-16-15(9(2)25-27)23-19(24-17(16)28)26-8-11(7-22-26)18(29)30/h4-8,14H,3H2,1-2H3,(H,29,30)(H,23,24,28)/t14-/m0/s1. The lowest BCUT2D eigenvalue weighted by atomic mass is 10.0. The van der Waals surface area contributed by atoms with Gasteiger partial charge in [-0.15, -0.1) is 0 Å². The molecule has 30 heavy (non-hydrogen) atoms. The van der Waals surface area contributed by atoms with Crippen molar-refractivity contribution in [2.45, 2.75) is 26.3 Å². The lowest BCUT2D eigenvalue weighted by molar-refractivity contribution is 0.0697. The Labute approximate surface area is 179 Å². The molecule has 2 N–H and O–H groups in total. The van der Waals surface area contributed by atoms with Gasteiger partial charge in [0.15, 0.2) is 5.52 Å². The minimum atomic E-state index is -1.12. The number of rotatable bonds is 5. The third-order valence-electron chi connectivity index (χ3n) is 4.77. The fraction of sp³-hybridized carbons (Fsp3) is 0.211. The van der Waals surface area contributed by atoms with Crippen molar-refractivity contribution in [3.8, 4) is 5.95 Å². The van der Waals surface area contributed by atoms with Crippen molar-refractivity contribution in [2.75, 3.05) is 0 Å². The second-order valence-corrected chi connectivity index (χ2v) is 7.51. The number of aromatic carboxylic acids is 1. The van der Waals surface area contributed by atoms with Gasteiger partial charge in [-0.25, -0.2) is 19.1 Å². The molecular weight excluding hydrogens is 431 g/mol. The minimum Gasteiger partial charge on any atom is -0.478 e. The number of fused-ring (bicyclic) bond motifs is 1. The molecule has 0 saturated carbocycles. The molecule has 4 rings (SSSR count). The number of halogens is 2. The zero-order chi connectivity index (χ0) is 21.6. The number of aromatic amines is 1. The van der Waals surface area contributed by atoms with Crippen LogP contribution in [0, 0.1) is 6.92 Å². The van der Waals surface area contributed by atoms with Crippen molar-refractivity contribution in [3.05, 3.63) is 67.8 Å². The molecule has 0 unspecified atom stereocenters. The van der Waals surface area contributed by atoms with Crippen LogP contribution in [0.4, 0.5) is 0 Å². The predicted molar refractivity (Wildman–Crippen MR) is 112 cm³/mol. The Morgan fingerprint density at radius 1 is 1.30 bits per heavy atom. The molecule has 0 aliphatic rings. The minimum absolute atomic E-state index is 0.0178. The zero-order valence-corrected chi connectivity index (χ0v) is 17.4. The number of nitrogens with one attached hydrogen (secondary N) is 1. The normalized spacial score (nSPS) is 12.4. The number of hydrogen-bond donors (Lipinski definition) is 2. The summed E-state index contributed by atoms with van der Waals surface area (Å²) in [5.41, 5.74) is 1.69. The number of carbonyl (C=O) groups is 1. The number of aromatic nitrogens is 6. The quantitative estimate of drug-likeness (QED) is 0.483. The van der Waals surface area contributed by atoms with Crippen LogP contribution in [-0.2, 0) is 0 Å². The highest BCUT2D eigenvalue weighted by atomic mass is 35.5. The van der Waals surface area contributed by atoms with Gasteiger partial charge in [0.2, 0.25) is 5.95 Å². The van der Waals surface area contributed by atoms with E-state index in [1.807, 2.05) is 13.0 Å². The van der Waals surface area contributed by atoms with Gasteiger partial charge in [-0.3, -0.25) is 9.78 Å². The Balaban J connectivity index is 1.87. The maximum atomic E-state index is 13.0. The van der Waals surface area contributed by atoms with E-state index in [0.717, 1.165) is 5.56 Å². The van der Waals surface area contributed by atoms with E-state index in [0.29, 0.717) is 33.2 Å². The van der Waals surface area contributed by atoms with Crippen LogP contribution in [0.3, 0.4) is 0 Å². The molecule has 0 saturated heterocycles. The first-order valence-electron chi connectivity index (χ1n) is 9.02. The lowest BCUT2D eigenvalue weighted by Crippen LogP contribution is -2.20. The summed E-state index contributed by atoms with van der Waals surface area (Å²) in [6, 6.07) is 5.05. The summed E-state index contributed by atoms with van der Waals surface area (Å²) >= 11 is 12.2. The van der Waals surface area contributed by atoms with E-state index in [-0.39, 0.29) is 17.6 Å². The van der Waals surface area contributed by atoms with Gasteiger partial charge >= 0.3 is 5.97 Å². The summed E-state index contributed by atoms with van der Waals surface area (Å²) in [6.45, 7) is 3.73. The highest BCUT2D eigenvalue weighted by molar-refractivity contribution is 6.42. The third kappa shape index (κ3) is 3.35. The summed E-state index contributed by atoms with van der Waals surface area (Å²) < 4.78 is 2.84. The number of aryl methyl sites for hydroxylation is 1. The molecule has 1 atom stereocenters. The molecule has 0 fully saturated rings. The molecule has 154 valence electrons. The van der Waals surface area contributed by atoms with Gasteiger partial charge in [-0.05, 0) is 31.0 Å². The first-order valence-corrected chi connectivity index (χ1v) is 9.78. The highest BCUT2D eigenvalue weighted by Crippen LogP contribution is 2.30. The molecule has 0 aliphatic heterocycles. The summed E-state index contributed by atoms with van der Waals surface area (Å²) in [7, 11) is 0. The third-order valence-corrected chi connectivity index (χ3v) is 5.51. The monoisotopic (exact) mass is 446 g/mol. The van der Waals surface area contributed by atoms with Crippen LogP contribution >= 0.6 is 23.2 Å². The van der Waals surface area contributed by atoms with Crippen LogP contribution in [0.1, 0.15) is 41.0 Å². The molecule has 0 amide bonds. The lowest BCUT2D eigenvalue weighted by Gasteiger charge is -2.17. The number of carboxylic acids is 1. The molecule has 4 aromatic rings. The highest BCUT2D eigenvalue weighted by Gasteiger charge is 2.22. The molecule has 11 heteroatoms. The Morgan fingerprint density at radius 3 is 2.70 bits per heavy atom. The molecule has 0 bridgehead atoms. The number of benzene rings is 1. The second-order valence-electron chi connectivity index (χ2n) is 6.69. The molecule has 3 aromatic heterocycles. The zero-order valence-electron chi connectivity index (χ0n) is 15.9. The van der Waals surface area contributed by atoms with Gasteiger partial charge < -0.3 is 5.11 Å². The number of nitrogens with zero attached hydrogens (tertiary/aromatic N) is 5. The maximum Gasteiger partial charge on any atom is 0.338 e. The van der Waals surface area contributed by atoms with Crippen LogP contribution in [0.25, 0.3) is 17.0 Å². The van der Waals surface area contributed by atoms with Crippen molar-refractivity contribution in [1.29, 1.82) is 0 Å². The van der Waals surface area contributed by atoms with E-state index in [1.165, 1.54) is 17.1 Å². The molecule has 0 aliphatic carbocycles. The fourth-order valence-corrected chi connectivity index (χ4v) is 3.64. The molecule has 0 radical (unpaired) electrons. The van der Waals surface area contributed by atoms with E-state index in [9.17, 15) is 9.59 Å². The topological polar surface area (TPSA) is 119 Å². The Bertz CT molecular complexity index is 1340. The second kappa shape index (κ2) is 7.58. The SMILES string of the molecule is CC[C@@H](c1ccc(Cl)c(Cl)c1)n1nc(C)c2nc(-n3cc(C(=O)O)cn3)[nH]c(=O)c21. The van der Waals surface area contributed by atoms with E-state index in [1.54, 1.807) is 23.7 Å². The molecular formula is C19H16Cl2N6O3. The Morgan fingerprint density at radius 2 is 2.07 bits per heavy atom. The summed E-state index contributed by atoms with van der Waals surface area (Å²) in [4.78, 5) is 31.2. The summed E-state index contributed by atoms with van der Waals surface area (Å²) in [5, 5.41) is 18.5. The van der Waals surface area contributed by atoms with Gasteiger partial charge in [0.25, 0.3) is 5.56 Å². The predicted octanol–water partition coefficient (Wildman–Crippen LogP) is 3.62. The summed E-state index contributed by atoms with van der Waals surface area (Å²) in [6.07, 6.45) is 3.10. The van der Waals surface area contributed by atoms with Crippen molar-refractivity contribution < 1.29 is 9.90 Å². The number of H-pyrrole nitrogens is 1. The van der Waals surface area contributed by atoms with Crippen molar-refractivity contribution in [1.82, 2.24) is 29.5 Å². The maximum absolute atomic E-state index is 13.0. The Kier molecular flexibility index (Phi) is 5.08. The van der Waals surface area contributed by atoms with Crippen LogP contribution in [0.2, 0.25) is 10.0 Å². The van der Waals surface area contributed by atoms with Gasteiger partial charge in [0.1, 0.15) is 5.52 Å². The molecule has 1 aromatic carbocycles. The van der Waals surface area contributed by atoms with Gasteiger partial charge in [-0.2, -0.15) is 10.2 Å². The Hall–Kier alpha value is -3.17. The number of carboxylic acid groups (broad SMARTS) is 1. The fourth-order valence-electron chi connectivity index (χ4n) is 3.33. The van der Waals surface area contributed by atoms with Gasteiger partial charge in [0.05, 0.1) is 33.5 Å². The molecule has 3 heterocycles. The average Bonchev–Trinajstić information content (AvgIpc) is 3.31. The molecule has 9 nitrogen and oxygen atoms in total. The van der Waals surface area contributed by atoms with Crippen LogP contribution in [0.15, 0.2) is 35.4 Å². The van der Waals surface area contributed by atoms with Gasteiger partial charge in [0, 0.05) is 6.20 Å². The van der Waals surface area contributed by atoms with E-state index in [2.05, 4.69) is 20.2 Å². The summed E-state index contributed by atoms with van der Waals surface area (Å²) in [5.74, 6) is -1.02. The smallest absolute Gasteiger partial charge is 0.338 e. The van der Waals surface area contributed by atoms with Crippen LogP contribution < -0.4 is 5.56 Å². The van der Waals surface area contributed by atoms with Crippen molar-refractivity contribution in [3.63, 3.8) is 0 Å². The van der Waals surface area contributed by atoms with Crippen molar-refractivity contribution in [2.24, 2.45) is 0 Å². The van der Waals surface area contributed by atoms with E-state index < -0.39 is 11.5 Å². The number of hydrogen-bond acceptors (Lipinski definition) is 5.